The highest BCUT2D eigenvalue weighted by Gasteiger charge is 2.30. The van der Waals surface area contributed by atoms with Crippen molar-refractivity contribution in [1.82, 2.24) is 0 Å². The maximum absolute atomic E-state index is 13.0. The first kappa shape index (κ1) is 83.1. The van der Waals surface area contributed by atoms with Crippen LogP contribution >= 0.6 is 15.6 Å². The second-order valence-corrected chi connectivity index (χ2v) is 28.7. The van der Waals surface area contributed by atoms with Crippen LogP contribution in [0.1, 0.15) is 319 Å². The van der Waals surface area contributed by atoms with Crippen molar-refractivity contribution < 1.29 is 80.2 Å². The summed E-state index contributed by atoms with van der Waals surface area (Å²) >= 11 is 0. The molecule has 85 heavy (non-hydrogen) atoms. The van der Waals surface area contributed by atoms with Gasteiger partial charge in [-0.25, -0.2) is 9.13 Å². The lowest BCUT2D eigenvalue weighted by atomic mass is 10.0. The van der Waals surface area contributed by atoms with Crippen molar-refractivity contribution in [3.05, 3.63) is 0 Å². The van der Waals surface area contributed by atoms with E-state index in [0.717, 1.165) is 108 Å². The molecule has 0 rings (SSSR count). The zero-order valence-corrected chi connectivity index (χ0v) is 57.0. The third kappa shape index (κ3) is 60.7. The van der Waals surface area contributed by atoms with Crippen LogP contribution in [0.3, 0.4) is 0 Å². The second kappa shape index (κ2) is 56.1. The van der Waals surface area contributed by atoms with E-state index < -0.39 is 97.5 Å². The minimum atomic E-state index is -4.95. The molecular weight excluding hydrogens is 1130 g/mol. The molecule has 0 aromatic carbocycles. The molecule has 504 valence electrons. The fourth-order valence-corrected chi connectivity index (χ4v) is 11.4. The smallest absolute Gasteiger partial charge is 0.462 e. The van der Waals surface area contributed by atoms with E-state index in [-0.39, 0.29) is 25.7 Å². The van der Waals surface area contributed by atoms with Crippen molar-refractivity contribution >= 4 is 39.5 Å². The van der Waals surface area contributed by atoms with Gasteiger partial charge in [0.05, 0.1) is 26.4 Å². The van der Waals surface area contributed by atoms with Crippen LogP contribution in [0.5, 0.6) is 0 Å². The molecule has 3 N–H and O–H groups in total. The van der Waals surface area contributed by atoms with E-state index in [1.165, 1.54) is 116 Å². The first-order chi connectivity index (χ1) is 40.6. The van der Waals surface area contributed by atoms with Crippen molar-refractivity contribution in [3.8, 4) is 0 Å². The van der Waals surface area contributed by atoms with E-state index in [1.807, 2.05) is 0 Å². The van der Waals surface area contributed by atoms with E-state index in [1.54, 1.807) is 0 Å². The Balaban J connectivity index is 5.24. The van der Waals surface area contributed by atoms with Crippen molar-refractivity contribution in [2.45, 2.75) is 337 Å². The van der Waals surface area contributed by atoms with Crippen LogP contribution in [0.15, 0.2) is 0 Å². The molecule has 0 heterocycles. The number of carbonyl (C=O) groups is 4. The van der Waals surface area contributed by atoms with Crippen LogP contribution in [0.4, 0.5) is 0 Å². The predicted octanol–water partition coefficient (Wildman–Crippen LogP) is 18.1. The fraction of sp³-hybridized carbons (Fsp3) is 0.939. The summed E-state index contributed by atoms with van der Waals surface area (Å²) < 4.78 is 68.0. The zero-order chi connectivity index (χ0) is 63.2. The van der Waals surface area contributed by atoms with Gasteiger partial charge < -0.3 is 33.8 Å². The molecule has 17 nitrogen and oxygen atoms in total. The highest BCUT2D eigenvalue weighted by Crippen LogP contribution is 2.45. The van der Waals surface area contributed by atoms with E-state index >= 15 is 0 Å². The Morgan fingerprint density at radius 3 is 0.729 bits per heavy atom. The topological polar surface area (TPSA) is 237 Å². The molecule has 0 aliphatic rings. The highest BCUT2D eigenvalue weighted by atomic mass is 31.2. The van der Waals surface area contributed by atoms with Gasteiger partial charge in [0, 0.05) is 25.7 Å². The second-order valence-electron chi connectivity index (χ2n) is 25.8. The van der Waals surface area contributed by atoms with Gasteiger partial charge in [-0.2, -0.15) is 0 Å². The third-order valence-corrected chi connectivity index (χ3v) is 17.0. The van der Waals surface area contributed by atoms with Crippen LogP contribution in [-0.2, 0) is 65.4 Å². The minimum absolute atomic E-state index is 0.100. The average molecular weight is 1260 g/mol. The molecule has 19 heteroatoms. The van der Waals surface area contributed by atoms with Crippen molar-refractivity contribution in [2.75, 3.05) is 39.6 Å². The number of aliphatic hydroxyl groups is 1. The van der Waals surface area contributed by atoms with Crippen LogP contribution in [0, 0.1) is 23.7 Å². The lowest BCUT2D eigenvalue weighted by Crippen LogP contribution is -2.30. The van der Waals surface area contributed by atoms with Gasteiger partial charge in [-0.15, -0.1) is 0 Å². The lowest BCUT2D eigenvalue weighted by molar-refractivity contribution is -0.161. The van der Waals surface area contributed by atoms with Gasteiger partial charge in [-0.3, -0.25) is 37.3 Å². The Kier molecular flexibility index (Phi) is 54.8. The molecule has 0 fully saturated rings. The Labute approximate surface area is 517 Å². The predicted molar refractivity (Wildman–Crippen MR) is 340 cm³/mol. The maximum Gasteiger partial charge on any atom is 0.472 e. The Hall–Kier alpha value is -1.94. The van der Waals surface area contributed by atoms with E-state index in [9.17, 15) is 43.2 Å². The zero-order valence-electron chi connectivity index (χ0n) is 55.2. The van der Waals surface area contributed by atoms with Gasteiger partial charge in [-0.05, 0) is 49.4 Å². The maximum atomic E-state index is 13.0. The monoisotopic (exact) mass is 1250 g/mol. The summed E-state index contributed by atoms with van der Waals surface area (Å²) in [6.45, 7) is 13.9. The van der Waals surface area contributed by atoms with Crippen molar-refractivity contribution in [1.29, 1.82) is 0 Å². The molecule has 5 atom stereocenters. The summed E-state index contributed by atoms with van der Waals surface area (Å²) in [5.41, 5.74) is 0. The Morgan fingerprint density at radius 1 is 0.294 bits per heavy atom. The number of phosphoric acid groups is 2. The third-order valence-electron chi connectivity index (χ3n) is 15.1. The first-order valence-corrected chi connectivity index (χ1v) is 37.2. The number of aliphatic hydroxyl groups excluding tert-OH is 1. The van der Waals surface area contributed by atoms with Gasteiger partial charge >= 0.3 is 39.5 Å². The van der Waals surface area contributed by atoms with Crippen molar-refractivity contribution in [2.24, 2.45) is 23.7 Å². The summed E-state index contributed by atoms with van der Waals surface area (Å²) in [7, 11) is -9.89. The molecular formula is C66H128O17P2. The summed E-state index contributed by atoms with van der Waals surface area (Å²) in [6.07, 6.45) is 36.5. The van der Waals surface area contributed by atoms with Crippen LogP contribution in [0.2, 0.25) is 0 Å². The quantitative estimate of drug-likeness (QED) is 0.0222. The molecule has 0 aliphatic carbocycles. The molecule has 0 radical (unpaired) electrons. The van der Waals surface area contributed by atoms with E-state index in [2.05, 4.69) is 55.4 Å². The van der Waals surface area contributed by atoms with Gasteiger partial charge in [0.2, 0.25) is 0 Å². The van der Waals surface area contributed by atoms with Gasteiger partial charge in [0.15, 0.2) is 12.2 Å². The summed E-state index contributed by atoms with van der Waals surface area (Å²) in [6, 6.07) is 0. The van der Waals surface area contributed by atoms with Gasteiger partial charge in [-0.1, -0.05) is 267 Å². The fourth-order valence-electron chi connectivity index (χ4n) is 9.78. The lowest BCUT2D eigenvalue weighted by Gasteiger charge is -2.21. The normalized spacial score (nSPS) is 14.4. The first-order valence-electron chi connectivity index (χ1n) is 34.2. The van der Waals surface area contributed by atoms with E-state index in [0.29, 0.717) is 37.5 Å². The molecule has 0 spiro atoms. The Morgan fingerprint density at radius 2 is 0.494 bits per heavy atom. The standard InChI is InChI=1S/C66H128O17P2/c1-56(2)42-34-26-18-14-10-9-11-17-21-32-40-48-65(70)82-61(52-76-63(68)46-38-30-20-16-13-12-15-19-27-35-43-57(3)4)54-80-84(72,73)78-50-60(67)51-79-85(74,75)81-55-62(83-66(71)49-41-33-25-23-29-37-45-59(7)8)53-77-64(69)47-39-31-24-22-28-36-44-58(5)6/h56-62,67H,9-55H2,1-8H3,(H,72,73)(H,74,75)/t60-,61-,62-/m1/s1. The Bertz CT molecular complexity index is 1700. The van der Waals surface area contributed by atoms with Gasteiger partial charge in [0.1, 0.15) is 19.3 Å². The SMILES string of the molecule is CC(C)CCCCCCCCCCCCCC(=O)O[C@H](COC(=O)CCCCCCCCCCCCC(C)C)COP(=O)(O)OC[C@@H](O)COP(=O)(O)OC[C@@H](COC(=O)CCCCCCCCC(C)C)OC(=O)CCCCCCCCC(C)C. The number of rotatable bonds is 63. The molecule has 2 unspecified atom stereocenters. The summed E-state index contributed by atoms with van der Waals surface area (Å²) in [5.74, 6) is 0.732. The van der Waals surface area contributed by atoms with E-state index in [4.69, 9.17) is 37.0 Å². The molecule has 0 aliphatic heterocycles. The number of carbonyl (C=O) groups excluding carboxylic acids is 4. The number of phosphoric ester groups is 2. The molecule has 0 bridgehead atoms. The van der Waals surface area contributed by atoms with Crippen LogP contribution in [-0.4, -0.2) is 96.7 Å². The highest BCUT2D eigenvalue weighted by molar-refractivity contribution is 7.47. The van der Waals surface area contributed by atoms with Crippen LogP contribution in [0.25, 0.3) is 0 Å². The van der Waals surface area contributed by atoms with Gasteiger partial charge in [0.25, 0.3) is 0 Å². The molecule has 0 aromatic heterocycles. The summed E-state index contributed by atoms with van der Waals surface area (Å²) in [5, 5.41) is 10.5. The largest absolute Gasteiger partial charge is 0.472 e. The number of hydrogen-bond donors (Lipinski definition) is 3. The molecule has 0 saturated carbocycles. The molecule has 0 saturated heterocycles. The van der Waals surface area contributed by atoms with Crippen molar-refractivity contribution in [3.63, 3.8) is 0 Å². The minimum Gasteiger partial charge on any atom is -0.462 e. The summed E-state index contributed by atoms with van der Waals surface area (Å²) in [4.78, 5) is 72.3. The average Bonchev–Trinajstić information content (AvgIpc) is 3.47. The van der Waals surface area contributed by atoms with Crippen LogP contribution < -0.4 is 0 Å². The number of hydrogen-bond acceptors (Lipinski definition) is 15. The molecule has 0 amide bonds. The number of esters is 4. The number of unbranched alkanes of at least 4 members (excludes halogenated alkanes) is 29. The molecule has 0 aromatic rings. The number of ether oxygens (including phenoxy) is 4.